The van der Waals surface area contributed by atoms with E-state index in [2.05, 4.69) is 0 Å². The van der Waals surface area contributed by atoms with Crippen molar-refractivity contribution in [3.05, 3.63) is 55.8 Å². The fraction of sp³-hybridized carbons (Fsp3) is 0.250. The van der Waals surface area contributed by atoms with Gasteiger partial charge in [-0.3, -0.25) is 14.9 Å². The third-order valence-corrected chi connectivity index (χ3v) is 4.28. The minimum absolute atomic E-state index is 0.0457. The molecule has 0 unspecified atom stereocenters. The van der Waals surface area contributed by atoms with Crippen molar-refractivity contribution in [1.29, 1.82) is 0 Å². The van der Waals surface area contributed by atoms with Crippen molar-refractivity contribution in [3.63, 3.8) is 0 Å². The lowest BCUT2D eigenvalue weighted by molar-refractivity contribution is -0.384. The molecule has 0 aliphatic carbocycles. The van der Waals surface area contributed by atoms with Crippen molar-refractivity contribution in [2.45, 2.75) is 6.92 Å². The zero-order chi connectivity index (χ0) is 17.9. The highest BCUT2D eigenvalue weighted by molar-refractivity contribution is 7.14. The van der Waals surface area contributed by atoms with E-state index >= 15 is 0 Å². The van der Waals surface area contributed by atoms with Gasteiger partial charge >= 0.3 is 5.97 Å². The fourth-order valence-corrected chi connectivity index (χ4v) is 2.85. The van der Waals surface area contributed by atoms with E-state index in [4.69, 9.17) is 4.74 Å². The van der Waals surface area contributed by atoms with E-state index in [9.17, 15) is 19.7 Å². The number of nitro groups is 1. The molecule has 2 aromatic rings. The first-order chi connectivity index (χ1) is 11.3. The Kier molecular flexibility index (Phi) is 5.30. The highest BCUT2D eigenvalue weighted by Gasteiger charge is 2.20. The van der Waals surface area contributed by atoms with Crippen LogP contribution in [0.2, 0.25) is 0 Å². The molecule has 0 spiro atoms. The number of ketones is 1. The highest BCUT2D eigenvalue weighted by Crippen LogP contribution is 2.25. The van der Waals surface area contributed by atoms with Gasteiger partial charge in [0.05, 0.1) is 21.1 Å². The van der Waals surface area contributed by atoms with Gasteiger partial charge in [-0.05, 0) is 25.1 Å². The number of ether oxygens (including phenoxy) is 1. The molecule has 7 nitrogen and oxygen atoms in total. The SMILES string of the molecule is Cc1ccc(C(=O)COC(=O)c2cc([N+](=O)[O-])ccc2N(C)C)s1. The van der Waals surface area contributed by atoms with Crippen LogP contribution in [-0.2, 0) is 4.74 Å². The number of carbonyl (C=O) groups excluding carboxylic acids is 2. The van der Waals surface area contributed by atoms with Gasteiger partial charge in [0.25, 0.3) is 5.69 Å². The second-order valence-electron chi connectivity index (χ2n) is 5.26. The number of thiophene rings is 1. The van der Waals surface area contributed by atoms with Crippen molar-refractivity contribution < 1.29 is 19.2 Å². The Labute approximate surface area is 142 Å². The third-order valence-electron chi connectivity index (χ3n) is 3.24. The number of anilines is 1. The topological polar surface area (TPSA) is 89.8 Å². The lowest BCUT2D eigenvalue weighted by Crippen LogP contribution is -2.18. The van der Waals surface area contributed by atoms with Crippen LogP contribution in [0.25, 0.3) is 0 Å². The smallest absolute Gasteiger partial charge is 0.340 e. The summed E-state index contributed by atoms with van der Waals surface area (Å²) >= 11 is 1.32. The van der Waals surface area contributed by atoms with Gasteiger partial charge in [0.2, 0.25) is 5.78 Å². The molecule has 1 heterocycles. The molecule has 0 atom stereocenters. The van der Waals surface area contributed by atoms with Crippen LogP contribution in [0.3, 0.4) is 0 Å². The van der Waals surface area contributed by atoms with Crippen LogP contribution in [0.4, 0.5) is 11.4 Å². The molecule has 0 radical (unpaired) electrons. The van der Waals surface area contributed by atoms with Crippen LogP contribution < -0.4 is 4.90 Å². The summed E-state index contributed by atoms with van der Waals surface area (Å²) < 4.78 is 5.05. The van der Waals surface area contributed by atoms with Gasteiger partial charge in [-0.25, -0.2) is 4.79 Å². The standard InChI is InChI=1S/C16H16N2O5S/c1-10-4-7-15(24-10)14(19)9-23-16(20)12-8-11(18(21)22)5-6-13(12)17(2)3/h4-8H,9H2,1-3H3. The molecule has 1 aromatic carbocycles. The summed E-state index contributed by atoms with van der Waals surface area (Å²) in [5.41, 5.74) is 0.308. The van der Waals surface area contributed by atoms with Crippen molar-refractivity contribution in [3.8, 4) is 0 Å². The van der Waals surface area contributed by atoms with Gasteiger partial charge in [0.1, 0.15) is 0 Å². The molecular weight excluding hydrogens is 332 g/mol. The van der Waals surface area contributed by atoms with E-state index in [1.165, 1.54) is 23.5 Å². The van der Waals surface area contributed by atoms with Crippen molar-refractivity contribution >= 4 is 34.5 Å². The minimum atomic E-state index is -0.774. The number of hydrogen-bond acceptors (Lipinski definition) is 7. The largest absolute Gasteiger partial charge is 0.454 e. The second-order valence-corrected chi connectivity index (χ2v) is 6.55. The maximum Gasteiger partial charge on any atom is 0.340 e. The molecular formula is C16H16N2O5S. The molecule has 126 valence electrons. The Balaban J connectivity index is 2.17. The fourth-order valence-electron chi connectivity index (χ4n) is 2.06. The molecule has 0 saturated carbocycles. The number of rotatable bonds is 6. The molecule has 0 aliphatic heterocycles. The predicted octanol–water partition coefficient (Wildman–Crippen LogP) is 3.07. The Morgan fingerprint density at radius 2 is 1.96 bits per heavy atom. The van der Waals surface area contributed by atoms with Crippen LogP contribution in [0.1, 0.15) is 24.9 Å². The van der Waals surface area contributed by atoms with Gasteiger partial charge < -0.3 is 9.64 Å². The lowest BCUT2D eigenvalue weighted by atomic mass is 10.1. The summed E-state index contributed by atoms with van der Waals surface area (Å²) in [6.45, 7) is 1.47. The number of nitro benzene ring substituents is 1. The summed E-state index contributed by atoms with van der Waals surface area (Å²) in [6, 6.07) is 7.42. The molecule has 2 rings (SSSR count). The number of aryl methyl sites for hydroxylation is 1. The Morgan fingerprint density at radius 3 is 2.50 bits per heavy atom. The van der Waals surface area contributed by atoms with Crippen LogP contribution in [0.15, 0.2) is 30.3 Å². The number of carbonyl (C=O) groups is 2. The normalized spacial score (nSPS) is 10.3. The third kappa shape index (κ3) is 3.96. The van der Waals surface area contributed by atoms with Gasteiger partial charge in [0.15, 0.2) is 6.61 Å². The van der Waals surface area contributed by atoms with Gasteiger partial charge in [-0.2, -0.15) is 0 Å². The van der Waals surface area contributed by atoms with Crippen molar-refractivity contribution in [2.24, 2.45) is 0 Å². The highest BCUT2D eigenvalue weighted by atomic mass is 32.1. The molecule has 8 heteroatoms. The van der Waals surface area contributed by atoms with Gasteiger partial charge in [0, 0.05) is 31.1 Å². The average Bonchev–Trinajstić information content (AvgIpc) is 2.98. The Morgan fingerprint density at radius 1 is 1.25 bits per heavy atom. The number of non-ortho nitro benzene ring substituents is 1. The van der Waals surface area contributed by atoms with Crippen LogP contribution in [0, 0.1) is 17.0 Å². The Bertz CT molecular complexity index is 798. The van der Waals surface area contributed by atoms with Crippen LogP contribution in [0.5, 0.6) is 0 Å². The maximum atomic E-state index is 12.3. The molecule has 0 fully saturated rings. The summed E-state index contributed by atoms with van der Waals surface area (Å²) in [5.74, 6) is -1.08. The Hall–Kier alpha value is -2.74. The summed E-state index contributed by atoms with van der Waals surface area (Å²) in [4.78, 5) is 37.7. The van der Waals surface area contributed by atoms with E-state index in [0.29, 0.717) is 10.6 Å². The van der Waals surface area contributed by atoms with E-state index in [1.54, 1.807) is 25.1 Å². The minimum Gasteiger partial charge on any atom is -0.454 e. The van der Waals surface area contributed by atoms with Crippen molar-refractivity contribution in [2.75, 3.05) is 25.6 Å². The number of esters is 1. The first-order valence-electron chi connectivity index (χ1n) is 7.02. The van der Waals surface area contributed by atoms with Crippen LogP contribution in [-0.4, -0.2) is 37.4 Å². The molecule has 0 aliphatic rings. The average molecular weight is 348 g/mol. The first-order valence-corrected chi connectivity index (χ1v) is 7.83. The lowest BCUT2D eigenvalue weighted by Gasteiger charge is -2.16. The quantitative estimate of drug-likeness (QED) is 0.345. The number of hydrogen-bond donors (Lipinski definition) is 0. The predicted molar refractivity (Wildman–Crippen MR) is 91.1 cm³/mol. The molecule has 0 amide bonds. The first kappa shape index (κ1) is 17.6. The number of benzene rings is 1. The molecule has 0 N–H and O–H groups in total. The monoisotopic (exact) mass is 348 g/mol. The van der Waals surface area contributed by atoms with Gasteiger partial charge in [-0.15, -0.1) is 11.3 Å². The zero-order valence-electron chi connectivity index (χ0n) is 13.4. The molecule has 24 heavy (non-hydrogen) atoms. The van der Waals surface area contributed by atoms with E-state index in [1.807, 2.05) is 13.0 Å². The van der Waals surface area contributed by atoms with E-state index in [0.717, 1.165) is 10.9 Å². The van der Waals surface area contributed by atoms with E-state index in [-0.39, 0.29) is 17.0 Å². The van der Waals surface area contributed by atoms with Crippen LogP contribution >= 0.6 is 11.3 Å². The van der Waals surface area contributed by atoms with Gasteiger partial charge in [-0.1, -0.05) is 0 Å². The number of Topliss-reactive ketones (excluding diaryl/α,β-unsaturated/α-hetero) is 1. The summed E-state index contributed by atoms with van der Waals surface area (Å²) in [6.07, 6.45) is 0. The summed E-state index contributed by atoms with van der Waals surface area (Å²) in [5, 5.41) is 10.9. The zero-order valence-corrected chi connectivity index (χ0v) is 14.3. The second kappa shape index (κ2) is 7.22. The maximum absolute atomic E-state index is 12.3. The molecule has 0 saturated heterocycles. The number of nitrogens with zero attached hydrogens (tertiary/aromatic N) is 2. The summed E-state index contributed by atoms with van der Waals surface area (Å²) in [7, 11) is 3.41. The molecule has 1 aromatic heterocycles. The van der Waals surface area contributed by atoms with E-state index < -0.39 is 17.5 Å². The molecule has 0 bridgehead atoms. The van der Waals surface area contributed by atoms with Crippen molar-refractivity contribution in [1.82, 2.24) is 0 Å².